The van der Waals surface area contributed by atoms with E-state index < -0.39 is 11.9 Å². The van der Waals surface area contributed by atoms with Crippen LogP contribution in [0.25, 0.3) is 11.1 Å². The van der Waals surface area contributed by atoms with Crippen LogP contribution in [0.2, 0.25) is 0 Å². The SMILES string of the molecule is C[C@H](NC(=O)NC1CCN(Cc2ccc(-c3ccccc3)cc2)CC1)C(N)=O. The maximum Gasteiger partial charge on any atom is 0.315 e. The van der Waals surface area contributed by atoms with Crippen LogP contribution in [-0.4, -0.2) is 42.0 Å². The first-order valence-electron chi connectivity index (χ1n) is 9.74. The fourth-order valence-corrected chi connectivity index (χ4v) is 3.42. The van der Waals surface area contributed by atoms with E-state index in [4.69, 9.17) is 5.73 Å². The van der Waals surface area contributed by atoms with Crippen molar-refractivity contribution in [2.24, 2.45) is 5.73 Å². The molecule has 3 amide bonds. The highest BCUT2D eigenvalue weighted by Crippen LogP contribution is 2.20. The number of rotatable bonds is 6. The lowest BCUT2D eigenvalue weighted by atomic mass is 10.0. The number of primary amides is 1. The van der Waals surface area contributed by atoms with Crippen LogP contribution in [0.3, 0.4) is 0 Å². The predicted octanol–water partition coefficient (Wildman–Crippen LogP) is 2.49. The van der Waals surface area contributed by atoms with Gasteiger partial charge in [-0.2, -0.15) is 0 Å². The molecule has 0 bridgehead atoms. The minimum absolute atomic E-state index is 0.122. The highest BCUT2D eigenvalue weighted by Gasteiger charge is 2.21. The van der Waals surface area contributed by atoms with Gasteiger partial charge in [-0.25, -0.2) is 4.79 Å². The number of carbonyl (C=O) groups excluding carboxylic acids is 2. The number of likely N-dealkylation sites (tertiary alicyclic amines) is 1. The Morgan fingerprint density at radius 1 is 1.04 bits per heavy atom. The van der Waals surface area contributed by atoms with Crippen LogP contribution in [0.1, 0.15) is 25.3 Å². The Morgan fingerprint density at radius 2 is 1.64 bits per heavy atom. The molecule has 0 spiro atoms. The number of piperidine rings is 1. The van der Waals surface area contributed by atoms with Gasteiger partial charge in [-0.3, -0.25) is 9.69 Å². The maximum atomic E-state index is 11.9. The molecule has 1 atom stereocenters. The van der Waals surface area contributed by atoms with E-state index in [1.807, 2.05) is 6.07 Å². The van der Waals surface area contributed by atoms with Gasteiger partial charge in [-0.05, 0) is 36.5 Å². The summed E-state index contributed by atoms with van der Waals surface area (Å²) in [5.74, 6) is -0.539. The highest BCUT2D eigenvalue weighted by molar-refractivity contribution is 5.85. The van der Waals surface area contributed by atoms with E-state index in [1.54, 1.807) is 6.92 Å². The zero-order chi connectivity index (χ0) is 19.9. The molecule has 1 saturated heterocycles. The second-order valence-corrected chi connectivity index (χ2v) is 7.36. The molecule has 0 unspecified atom stereocenters. The largest absolute Gasteiger partial charge is 0.368 e. The van der Waals surface area contributed by atoms with Gasteiger partial charge >= 0.3 is 6.03 Å². The smallest absolute Gasteiger partial charge is 0.315 e. The van der Waals surface area contributed by atoms with Crippen LogP contribution in [0, 0.1) is 0 Å². The second kappa shape index (κ2) is 9.37. The molecule has 2 aromatic carbocycles. The Bertz CT molecular complexity index is 784. The molecule has 4 N–H and O–H groups in total. The summed E-state index contributed by atoms with van der Waals surface area (Å²) in [5, 5.41) is 5.49. The quantitative estimate of drug-likeness (QED) is 0.719. The third kappa shape index (κ3) is 5.57. The summed E-state index contributed by atoms with van der Waals surface area (Å²) >= 11 is 0. The number of hydrogen-bond acceptors (Lipinski definition) is 3. The van der Waals surface area contributed by atoms with Crippen molar-refractivity contribution < 1.29 is 9.59 Å². The van der Waals surface area contributed by atoms with E-state index in [2.05, 4.69) is 64.1 Å². The van der Waals surface area contributed by atoms with E-state index in [-0.39, 0.29) is 12.1 Å². The van der Waals surface area contributed by atoms with Crippen LogP contribution < -0.4 is 16.4 Å². The van der Waals surface area contributed by atoms with Crippen molar-refractivity contribution in [3.05, 3.63) is 60.2 Å². The van der Waals surface area contributed by atoms with E-state index in [9.17, 15) is 9.59 Å². The Hall–Kier alpha value is -2.86. The van der Waals surface area contributed by atoms with E-state index in [0.29, 0.717) is 0 Å². The molecule has 148 valence electrons. The first-order valence-corrected chi connectivity index (χ1v) is 9.74. The normalized spacial score (nSPS) is 16.3. The lowest BCUT2D eigenvalue weighted by Crippen LogP contribution is -2.51. The highest BCUT2D eigenvalue weighted by atomic mass is 16.2. The summed E-state index contributed by atoms with van der Waals surface area (Å²) in [6.07, 6.45) is 1.78. The number of urea groups is 1. The van der Waals surface area contributed by atoms with E-state index in [1.165, 1.54) is 16.7 Å². The third-order valence-electron chi connectivity index (χ3n) is 5.16. The molecule has 0 aliphatic carbocycles. The molecule has 6 nitrogen and oxygen atoms in total. The van der Waals surface area contributed by atoms with Crippen molar-refractivity contribution in [1.29, 1.82) is 0 Å². The molecule has 1 heterocycles. The van der Waals surface area contributed by atoms with Gasteiger partial charge in [-0.1, -0.05) is 54.6 Å². The third-order valence-corrected chi connectivity index (χ3v) is 5.16. The van der Waals surface area contributed by atoms with E-state index in [0.717, 1.165) is 32.5 Å². The number of nitrogens with zero attached hydrogens (tertiary/aromatic N) is 1. The number of nitrogens with two attached hydrogens (primary N) is 1. The zero-order valence-electron chi connectivity index (χ0n) is 16.2. The van der Waals surface area contributed by atoms with Gasteiger partial charge in [0, 0.05) is 25.7 Å². The molecule has 28 heavy (non-hydrogen) atoms. The summed E-state index contributed by atoms with van der Waals surface area (Å²) in [6.45, 7) is 4.34. The lowest BCUT2D eigenvalue weighted by molar-refractivity contribution is -0.119. The number of benzene rings is 2. The summed E-state index contributed by atoms with van der Waals surface area (Å²) in [6, 6.07) is 18.2. The summed E-state index contributed by atoms with van der Waals surface area (Å²) in [4.78, 5) is 25.3. The van der Waals surface area contributed by atoms with Crippen LogP contribution in [0.4, 0.5) is 4.79 Å². The molecular formula is C22H28N4O2. The number of hydrogen-bond donors (Lipinski definition) is 3. The molecule has 0 radical (unpaired) electrons. The van der Waals surface area contributed by atoms with Crippen LogP contribution in [0.15, 0.2) is 54.6 Å². The molecule has 1 aliphatic rings. The van der Waals surface area contributed by atoms with E-state index >= 15 is 0 Å². The van der Waals surface area contributed by atoms with Crippen molar-refractivity contribution in [2.45, 2.75) is 38.4 Å². The summed E-state index contributed by atoms with van der Waals surface area (Å²) in [5.41, 5.74) is 8.91. The first-order chi connectivity index (χ1) is 13.5. The van der Waals surface area contributed by atoms with Gasteiger partial charge < -0.3 is 16.4 Å². The maximum absolute atomic E-state index is 11.9. The predicted molar refractivity (Wildman–Crippen MR) is 111 cm³/mol. The van der Waals surface area contributed by atoms with Gasteiger partial charge in [-0.15, -0.1) is 0 Å². The Morgan fingerprint density at radius 3 is 2.25 bits per heavy atom. The van der Waals surface area contributed by atoms with Crippen LogP contribution in [0.5, 0.6) is 0 Å². The van der Waals surface area contributed by atoms with Crippen LogP contribution in [-0.2, 0) is 11.3 Å². The molecule has 3 rings (SSSR count). The van der Waals surface area contributed by atoms with Crippen LogP contribution >= 0.6 is 0 Å². The van der Waals surface area contributed by atoms with Crippen molar-refractivity contribution in [3.8, 4) is 11.1 Å². The molecule has 6 heteroatoms. The lowest BCUT2D eigenvalue weighted by Gasteiger charge is -2.32. The van der Waals surface area contributed by atoms with Crippen molar-refractivity contribution in [3.63, 3.8) is 0 Å². The topological polar surface area (TPSA) is 87.5 Å². The Labute approximate surface area is 166 Å². The monoisotopic (exact) mass is 380 g/mol. The fraction of sp³-hybridized carbons (Fsp3) is 0.364. The van der Waals surface area contributed by atoms with Gasteiger partial charge in [0.1, 0.15) is 6.04 Å². The minimum Gasteiger partial charge on any atom is -0.368 e. The molecule has 2 aromatic rings. The van der Waals surface area contributed by atoms with Gasteiger partial charge in [0.05, 0.1) is 0 Å². The molecule has 0 saturated carbocycles. The standard InChI is InChI=1S/C22H28N4O2/c1-16(21(23)27)24-22(28)25-20-11-13-26(14-12-20)15-17-7-9-19(10-8-17)18-5-3-2-4-6-18/h2-10,16,20H,11-15H2,1H3,(H2,23,27)(H2,24,25,28)/t16-/m0/s1. The van der Waals surface area contributed by atoms with Crippen molar-refractivity contribution in [1.82, 2.24) is 15.5 Å². The fourth-order valence-electron chi connectivity index (χ4n) is 3.42. The van der Waals surface area contributed by atoms with Crippen molar-refractivity contribution >= 4 is 11.9 Å². The Balaban J connectivity index is 1.44. The minimum atomic E-state index is -0.668. The van der Waals surface area contributed by atoms with Gasteiger partial charge in [0.2, 0.25) is 5.91 Å². The van der Waals surface area contributed by atoms with Gasteiger partial charge in [0.25, 0.3) is 0 Å². The molecule has 0 aromatic heterocycles. The number of nitrogens with one attached hydrogen (secondary N) is 2. The average molecular weight is 380 g/mol. The second-order valence-electron chi connectivity index (χ2n) is 7.36. The Kier molecular flexibility index (Phi) is 6.66. The molecule has 1 aliphatic heterocycles. The number of amides is 3. The van der Waals surface area contributed by atoms with Crippen molar-refractivity contribution in [2.75, 3.05) is 13.1 Å². The zero-order valence-corrected chi connectivity index (χ0v) is 16.2. The molecule has 1 fully saturated rings. The summed E-state index contributed by atoms with van der Waals surface area (Å²) in [7, 11) is 0. The first kappa shape index (κ1) is 19.9. The van der Waals surface area contributed by atoms with Gasteiger partial charge in [0.15, 0.2) is 0 Å². The number of carbonyl (C=O) groups is 2. The average Bonchev–Trinajstić information content (AvgIpc) is 2.70. The molecular weight excluding hydrogens is 352 g/mol. The summed E-state index contributed by atoms with van der Waals surface area (Å²) < 4.78 is 0.